The SMILES string of the molecule is CC1(C)CC(=O)[C@H]([C@H](CC(=O)c2ccccc2)c2ccccc2)CO1. The smallest absolute Gasteiger partial charge is 0.163 e. The van der Waals surface area contributed by atoms with E-state index in [0.717, 1.165) is 5.56 Å². The number of carbonyl (C=O) groups excluding carboxylic acids is 2. The second-order valence-electron chi connectivity index (χ2n) is 7.33. The van der Waals surface area contributed by atoms with Crippen molar-refractivity contribution < 1.29 is 14.3 Å². The Morgan fingerprint density at radius 3 is 2.28 bits per heavy atom. The third-order valence-electron chi connectivity index (χ3n) is 4.88. The molecule has 0 saturated carbocycles. The number of carbonyl (C=O) groups is 2. The Hall–Kier alpha value is -2.26. The normalized spacial score (nSPS) is 20.9. The number of Topliss-reactive ketones (excluding diaryl/α,β-unsaturated/α-hetero) is 2. The van der Waals surface area contributed by atoms with Crippen LogP contribution >= 0.6 is 0 Å². The van der Waals surface area contributed by atoms with Gasteiger partial charge in [-0.2, -0.15) is 0 Å². The van der Waals surface area contributed by atoms with Gasteiger partial charge in [-0.15, -0.1) is 0 Å². The molecule has 1 aliphatic rings. The van der Waals surface area contributed by atoms with Crippen LogP contribution in [0.15, 0.2) is 60.7 Å². The van der Waals surface area contributed by atoms with E-state index in [0.29, 0.717) is 25.0 Å². The number of hydrogen-bond acceptors (Lipinski definition) is 3. The lowest BCUT2D eigenvalue weighted by Gasteiger charge is -2.37. The fourth-order valence-corrected chi connectivity index (χ4v) is 3.48. The average Bonchev–Trinajstić information content (AvgIpc) is 2.61. The maximum atomic E-state index is 12.8. The van der Waals surface area contributed by atoms with Gasteiger partial charge < -0.3 is 4.74 Å². The van der Waals surface area contributed by atoms with Gasteiger partial charge in [-0.1, -0.05) is 60.7 Å². The van der Waals surface area contributed by atoms with Crippen LogP contribution in [0, 0.1) is 5.92 Å². The molecule has 0 spiro atoms. The predicted octanol–water partition coefficient (Wildman–Crippen LogP) is 4.43. The molecule has 2 aromatic carbocycles. The number of rotatable bonds is 5. The summed E-state index contributed by atoms with van der Waals surface area (Å²) < 4.78 is 5.91. The molecule has 0 unspecified atom stereocenters. The van der Waals surface area contributed by atoms with Crippen LogP contribution in [-0.4, -0.2) is 23.8 Å². The van der Waals surface area contributed by atoms with Crippen molar-refractivity contribution in [2.45, 2.75) is 38.2 Å². The zero-order valence-corrected chi connectivity index (χ0v) is 14.8. The summed E-state index contributed by atoms with van der Waals surface area (Å²) >= 11 is 0. The van der Waals surface area contributed by atoms with Gasteiger partial charge in [0.1, 0.15) is 5.78 Å². The van der Waals surface area contributed by atoms with Crippen LogP contribution in [0.2, 0.25) is 0 Å². The van der Waals surface area contributed by atoms with E-state index in [4.69, 9.17) is 4.74 Å². The lowest BCUT2D eigenvalue weighted by molar-refractivity contribution is -0.145. The highest BCUT2D eigenvalue weighted by Crippen LogP contribution is 2.36. The fourth-order valence-electron chi connectivity index (χ4n) is 3.48. The van der Waals surface area contributed by atoms with Crippen molar-refractivity contribution in [1.82, 2.24) is 0 Å². The van der Waals surface area contributed by atoms with Gasteiger partial charge in [0.05, 0.1) is 12.2 Å². The molecule has 3 rings (SSSR count). The monoisotopic (exact) mass is 336 g/mol. The van der Waals surface area contributed by atoms with E-state index in [2.05, 4.69) is 0 Å². The molecule has 3 heteroatoms. The zero-order chi connectivity index (χ0) is 17.9. The van der Waals surface area contributed by atoms with Crippen molar-refractivity contribution in [3.8, 4) is 0 Å². The van der Waals surface area contributed by atoms with Crippen LogP contribution in [-0.2, 0) is 9.53 Å². The van der Waals surface area contributed by atoms with E-state index in [9.17, 15) is 9.59 Å². The van der Waals surface area contributed by atoms with Gasteiger partial charge >= 0.3 is 0 Å². The van der Waals surface area contributed by atoms with Crippen LogP contribution < -0.4 is 0 Å². The summed E-state index contributed by atoms with van der Waals surface area (Å²) in [7, 11) is 0. The Morgan fingerprint density at radius 1 is 1.08 bits per heavy atom. The van der Waals surface area contributed by atoms with Crippen molar-refractivity contribution in [2.75, 3.05) is 6.61 Å². The van der Waals surface area contributed by atoms with Crippen LogP contribution in [0.3, 0.4) is 0 Å². The van der Waals surface area contributed by atoms with Gasteiger partial charge in [0.2, 0.25) is 0 Å². The van der Waals surface area contributed by atoms with Crippen molar-refractivity contribution >= 4 is 11.6 Å². The number of ether oxygens (including phenoxy) is 1. The summed E-state index contributed by atoms with van der Waals surface area (Å²) in [4.78, 5) is 25.5. The summed E-state index contributed by atoms with van der Waals surface area (Å²) in [6, 6.07) is 19.1. The summed E-state index contributed by atoms with van der Waals surface area (Å²) in [6.07, 6.45) is 0.703. The van der Waals surface area contributed by atoms with Gasteiger partial charge in [0, 0.05) is 30.2 Å². The minimum Gasteiger partial charge on any atom is -0.374 e. The summed E-state index contributed by atoms with van der Waals surface area (Å²) in [5, 5.41) is 0. The molecule has 0 radical (unpaired) electrons. The van der Waals surface area contributed by atoms with Crippen molar-refractivity contribution in [1.29, 1.82) is 0 Å². The molecule has 1 saturated heterocycles. The first-order valence-electron chi connectivity index (χ1n) is 8.76. The molecule has 1 heterocycles. The van der Waals surface area contributed by atoms with Crippen LogP contribution in [0.4, 0.5) is 0 Å². The van der Waals surface area contributed by atoms with Crippen molar-refractivity contribution in [3.63, 3.8) is 0 Å². The van der Waals surface area contributed by atoms with E-state index in [1.165, 1.54) is 0 Å². The number of benzene rings is 2. The molecule has 0 bridgehead atoms. The highest BCUT2D eigenvalue weighted by atomic mass is 16.5. The Labute approximate surface area is 149 Å². The number of hydrogen-bond donors (Lipinski definition) is 0. The van der Waals surface area contributed by atoms with Crippen molar-refractivity contribution in [3.05, 3.63) is 71.8 Å². The highest BCUT2D eigenvalue weighted by molar-refractivity contribution is 5.97. The van der Waals surface area contributed by atoms with E-state index in [1.807, 2.05) is 74.5 Å². The lowest BCUT2D eigenvalue weighted by atomic mass is 9.76. The van der Waals surface area contributed by atoms with E-state index in [1.54, 1.807) is 0 Å². The van der Waals surface area contributed by atoms with Gasteiger partial charge in [-0.05, 0) is 19.4 Å². The zero-order valence-electron chi connectivity index (χ0n) is 14.8. The first kappa shape index (κ1) is 17.6. The second kappa shape index (κ2) is 7.32. The molecule has 0 N–H and O–H groups in total. The molecule has 0 aromatic heterocycles. The highest BCUT2D eigenvalue weighted by Gasteiger charge is 2.39. The van der Waals surface area contributed by atoms with E-state index >= 15 is 0 Å². The Bertz CT molecular complexity index is 734. The average molecular weight is 336 g/mol. The van der Waals surface area contributed by atoms with E-state index < -0.39 is 5.60 Å². The second-order valence-corrected chi connectivity index (χ2v) is 7.33. The summed E-state index contributed by atoms with van der Waals surface area (Å²) in [5.41, 5.74) is 1.29. The maximum absolute atomic E-state index is 12.8. The molecule has 1 fully saturated rings. The molecule has 130 valence electrons. The standard InChI is InChI=1S/C22H24O3/c1-22(2)14-21(24)19(15-25-22)18(16-9-5-3-6-10-16)13-20(23)17-11-7-4-8-12-17/h3-12,18-19H,13-15H2,1-2H3/t18-,19+/m1/s1. The quantitative estimate of drug-likeness (QED) is 0.759. The van der Waals surface area contributed by atoms with Gasteiger partial charge in [-0.3, -0.25) is 9.59 Å². The summed E-state index contributed by atoms with van der Waals surface area (Å²) in [5.74, 6) is -0.182. The third kappa shape index (κ3) is 4.23. The molecule has 3 nitrogen and oxygen atoms in total. The minimum absolute atomic E-state index is 0.0621. The molecule has 0 aliphatic carbocycles. The summed E-state index contributed by atoms with van der Waals surface area (Å²) in [6.45, 7) is 4.25. The molecular weight excluding hydrogens is 312 g/mol. The minimum atomic E-state index is -0.418. The molecule has 2 aromatic rings. The number of ketones is 2. The lowest BCUT2D eigenvalue weighted by Crippen LogP contribution is -2.42. The maximum Gasteiger partial charge on any atom is 0.163 e. The van der Waals surface area contributed by atoms with Gasteiger partial charge in [0.15, 0.2) is 5.78 Å². The van der Waals surface area contributed by atoms with Crippen LogP contribution in [0.25, 0.3) is 0 Å². The largest absolute Gasteiger partial charge is 0.374 e. The van der Waals surface area contributed by atoms with Gasteiger partial charge in [-0.25, -0.2) is 0 Å². The molecule has 25 heavy (non-hydrogen) atoms. The molecule has 2 atom stereocenters. The van der Waals surface area contributed by atoms with Gasteiger partial charge in [0.25, 0.3) is 0 Å². The van der Waals surface area contributed by atoms with Crippen LogP contribution in [0.1, 0.15) is 48.5 Å². The Balaban J connectivity index is 1.86. The first-order chi connectivity index (χ1) is 12.0. The fraction of sp³-hybridized carbons (Fsp3) is 0.364. The third-order valence-corrected chi connectivity index (χ3v) is 4.88. The van der Waals surface area contributed by atoms with Crippen LogP contribution in [0.5, 0.6) is 0 Å². The Kier molecular flexibility index (Phi) is 5.14. The van der Waals surface area contributed by atoms with Crippen molar-refractivity contribution in [2.24, 2.45) is 5.92 Å². The topological polar surface area (TPSA) is 43.4 Å². The molecule has 0 amide bonds. The predicted molar refractivity (Wildman–Crippen MR) is 97.7 cm³/mol. The Morgan fingerprint density at radius 2 is 1.68 bits per heavy atom. The first-order valence-corrected chi connectivity index (χ1v) is 8.76. The molecular formula is C22H24O3. The molecule has 1 aliphatic heterocycles. The van der Waals surface area contributed by atoms with E-state index in [-0.39, 0.29) is 23.4 Å².